The zero-order valence-corrected chi connectivity index (χ0v) is 20.4. The van der Waals surface area contributed by atoms with Crippen molar-refractivity contribution in [3.63, 3.8) is 0 Å². The van der Waals surface area contributed by atoms with Crippen molar-refractivity contribution in [2.24, 2.45) is 0 Å². The molecule has 0 bridgehead atoms. The van der Waals surface area contributed by atoms with E-state index in [0.717, 1.165) is 40.6 Å². The molecular formula is C24H30N2O3S2. The number of hydrogen-bond acceptors (Lipinski definition) is 4. The molecule has 0 aliphatic heterocycles. The number of aromatic nitrogens is 1. The molecule has 1 heterocycles. The predicted octanol–water partition coefficient (Wildman–Crippen LogP) is 4.92. The Hall–Kier alpha value is -1.80. The van der Waals surface area contributed by atoms with Crippen molar-refractivity contribution < 1.29 is 13.0 Å². The first kappa shape index (κ1) is 22.4. The average molecular weight is 459 g/mol. The molecule has 1 N–H and O–H groups in total. The molecular weight excluding hydrogens is 428 g/mol. The van der Waals surface area contributed by atoms with Crippen LogP contribution in [0.1, 0.15) is 62.0 Å². The standard InChI is InChI=1S/C24H30N2O3S2/c1-16-9-12-18(13-10-16)31(28,29)26-21-14-11-17(2)15-19(21)23-20(7-6-8-22(23)26)25-30(27)24(3,4)5/h9-15,20,25H,6-8H2,1-5H3/t20-,30?/m1/s1. The van der Waals surface area contributed by atoms with E-state index in [1.165, 1.54) is 3.97 Å². The van der Waals surface area contributed by atoms with Gasteiger partial charge in [-0.25, -0.2) is 12.4 Å². The molecule has 0 radical (unpaired) electrons. The van der Waals surface area contributed by atoms with Crippen LogP contribution in [-0.2, 0) is 27.8 Å². The van der Waals surface area contributed by atoms with Crippen molar-refractivity contribution in [3.05, 3.63) is 64.8 Å². The lowest BCUT2D eigenvalue weighted by Crippen LogP contribution is -2.42. The average Bonchev–Trinajstić information content (AvgIpc) is 3.02. The Labute approximate surface area is 188 Å². The summed E-state index contributed by atoms with van der Waals surface area (Å²) in [6, 6.07) is 12.7. The fraction of sp³-hybridized carbons (Fsp3) is 0.417. The second-order valence-corrected chi connectivity index (χ2v) is 13.2. The van der Waals surface area contributed by atoms with Crippen molar-refractivity contribution >= 4 is 32.3 Å². The van der Waals surface area contributed by atoms with Crippen LogP contribution in [0.25, 0.3) is 10.9 Å². The molecule has 0 saturated carbocycles. The van der Waals surface area contributed by atoms with Gasteiger partial charge in [-0.1, -0.05) is 29.3 Å². The molecule has 1 aromatic heterocycles. The van der Waals surface area contributed by atoms with Gasteiger partial charge in [-0.2, -0.15) is 0 Å². The molecule has 1 aliphatic carbocycles. The molecule has 0 fully saturated rings. The van der Waals surface area contributed by atoms with E-state index in [0.29, 0.717) is 11.9 Å². The number of fused-ring (bicyclic) bond motifs is 3. The smallest absolute Gasteiger partial charge is 0.268 e. The van der Waals surface area contributed by atoms with Gasteiger partial charge in [-0.05, 0) is 78.1 Å². The Bertz CT molecular complexity index is 1220. The molecule has 2 atom stereocenters. The molecule has 0 amide bonds. The molecule has 2 aromatic carbocycles. The Morgan fingerprint density at radius 1 is 1.06 bits per heavy atom. The van der Waals surface area contributed by atoms with E-state index in [1.807, 2.05) is 58.9 Å². The summed E-state index contributed by atoms with van der Waals surface area (Å²) in [5.41, 5.74) is 4.55. The van der Waals surface area contributed by atoms with E-state index in [-0.39, 0.29) is 10.9 Å². The third-order valence-electron chi connectivity index (χ3n) is 5.84. The third-order valence-corrected chi connectivity index (χ3v) is 9.21. The van der Waals surface area contributed by atoms with E-state index >= 15 is 0 Å². The van der Waals surface area contributed by atoms with Crippen molar-refractivity contribution in [3.8, 4) is 0 Å². The van der Waals surface area contributed by atoms with E-state index in [4.69, 9.17) is 0 Å². The molecule has 3 aromatic rings. The van der Waals surface area contributed by atoms with E-state index in [1.54, 1.807) is 12.1 Å². The summed E-state index contributed by atoms with van der Waals surface area (Å²) in [5, 5.41) is 0.925. The van der Waals surface area contributed by atoms with Crippen LogP contribution in [0.15, 0.2) is 47.4 Å². The zero-order chi connectivity index (χ0) is 22.6. The maximum absolute atomic E-state index is 13.7. The molecule has 5 nitrogen and oxygen atoms in total. The first-order valence-corrected chi connectivity index (χ1v) is 13.2. The van der Waals surface area contributed by atoms with Crippen molar-refractivity contribution in [2.45, 2.75) is 69.6 Å². The SMILES string of the molecule is Cc1ccc(S(=O)(=O)n2c3c(c4cc(C)ccc42)[C@H](N[S+]([O-])C(C)(C)C)CCC3)cc1. The summed E-state index contributed by atoms with van der Waals surface area (Å²) < 4.78 is 44.8. The van der Waals surface area contributed by atoms with Crippen LogP contribution in [0.3, 0.4) is 0 Å². The lowest BCUT2D eigenvalue weighted by Gasteiger charge is -2.30. The highest BCUT2D eigenvalue weighted by Gasteiger charge is 2.36. The molecule has 0 saturated heterocycles. The topological polar surface area (TPSA) is 74.2 Å². The predicted molar refractivity (Wildman–Crippen MR) is 127 cm³/mol. The van der Waals surface area contributed by atoms with Crippen LogP contribution in [0.4, 0.5) is 0 Å². The molecule has 7 heteroatoms. The van der Waals surface area contributed by atoms with Crippen LogP contribution < -0.4 is 4.72 Å². The van der Waals surface area contributed by atoms with Gasteiger partial charge in [-0.15, -0.1) is 4.72 Å². The minimum Gasteiger partial charge on any atom is -0.598 e. The summed E-state index contributed by atoms with van der Waals surface area (Å²) >= 11 is -1.25. The van der Waals surface area contributed by atoms with Gasteiger partial charge in [0.25, 0.3) is 10.0 Å². The normalized spacial score (nSPS) is 18.2. The summed E-state index contributed by atoms with van der Waals surface area (Å²) in [4.78, 5) is 0.284. The van der Waals surface area contributed by atoms with Gasteiger partial charge >= 0.3 is 0 Å². The van der Waals surface area contributed by atoms with Gasteiger partial charge < -0.3 is 4.55 Å². The van der Waals surface area contributed by atoms with Gasteiger partial charge in [0.1, 0.15) is 4.75 Å². The molecule has 31 heavy (non-hydrogen) atoms. The van der Waals surface area contributed by atoms with Crippen molar-refractivity contribution in [2.75, 3.05) is 0 Å². The van der Waals surface area contributed by atoms with Crippen LogP contribution in [0.5, 0.6) is 0 Å². The van der Waals surface area contributed by atoms with E-state index in [9.17, 15) is 13.0 Å². The lowest BCUT2D eigenvalue weighted by molar-refractivity contribution is 0.488. The molecule has 166 valence electrons. The maximum atomic E-state index is 13.7. The van der Waals surface area contributed by atoms with Gasteiger partial charge in [0, 0.05) is 28.0 Å². The number of benzene rings is 2. The first-order valence-electron chi connectivity index (χ1n) is 10.6. The maximum Gasteiger partial charge on any atom is 0.268 e. The van der Waals surface area contributed by atoms with Gasteiger partial charge in [0.15, 0.2) is 0 Å². The second kappa shape index (κ2) is 7.96. The lowest BCUT2D eigenvalue weighted by atomic mass is 9.91. The molecule has 4 rings (SSSR count). The van der Waals surface area contributed by atoms with Gasteiger partial charge in [0.2, 0.25) is 0 Å². The molecule has 1 unspecified atom stereocenters. The highest BCUT2D eigenvalue weighted by atomic mass is 32.2. The number of nitrogens with zero attached hydrogens (tertiary/aromatic N) is 1. The summed E-state index contributed by atoms with van der Waals surface area (Å²) in [6.07, 6.45) is 2.34. The second-order valence-electron chi connectivity index (χ2n) is 9.41. The summed E-state index contributed by atoms with van der Waals surface area (Å²) in [7, 11) is -3.76. The van der Waals surface area contributed by atoms with Crippen LogP contribution in [-0.4, -0.2) is 21.7 Å². The van der Waals surface area contributed by atoms with Crippen molar-refractivity contribution in [1.29, 1.82) is 0 Å². The van der Waals surface area contributed by atoms with Crippen LogP contribution in [0, 0.1) is 13.8 Å². The highest BCUT2D eigenvalue weighted by molar-refractivity contribution is 7.91. The van der Waals surface area contributed by atoms with Gasteiger partial charge in [0.05, 0.1) is 16.5 Å². The molecule has 0 spiro atoms. The fourth-order valence-electron chi connectivity index (χ4n) is 4.21. The van der Waals surface area contributed by atoms with E-state index < -0.39 is 26.1 Å². The Balaban J connectivity index is 1.94. The van der Waals surface area contributed by atoms with Crippen LogP contribution in [0.2, 0.25) is 0 Å². The minimum atomic E-state index is -3.76. The minimum absolute atomic E-state index is 0.150. The number of hydrogen-bond donors (Lipinski definition) is 1. The van der Waals surface area contributed by atoms with E-state index in [2.05, 4.69) is 10.8 Å². The first-order chi connectivity index (χ1) is 14.5. The zero-order valence-electron chi connectivity index (χ0n) is 18.7. The fourth-order valence-corrected chi connectivity index (χ4v) is 6.65. The number of nitrogens with one attached hydrogen (secondary N) is 1. The third kappa shape index (κ3) is 4.04. The molecule has 1 aliphatic rings. The summed E-state index contributed by atoms with van der Waals surface area (Å²) in [5.74, 6) is 0. The summed E-state index contributed by atoms with van der Waals surface area (Å²) in [6.45, 7) is 9.77. The quantitative estimate of drug-likeness (QED) is 0.563. The monoisotopic (exact) mass is 458 g/mol. The Kier molecular flexibility index (Phi) is 5.75. The van der Waals surface area contributed by atoms with Gasteiger partial charge in [-0.3, -0.25) is 0 Å². The van der Waals surface area contributed by atoms with Crippen LogP contribution >= 0.6 is 0 Å². The Morgan fingerprint density at radius 3 is 2.35 bits per heavy atom. The number of aryl methyl sites for hydroxylation is 2. The highest BCUT2D eigenvalue weighted by Crippen LogP contribution is 2.41. The largest absolute Gasteiger partial charge is 0.598 e. The Morgan fingerprint density at radius 2 is 1.71 bits per heavy atom. The van der Waals surface area contributed by atoms with Crippen molar-refractivity contribution in [1.82, 2.24) is 8.69 Å². The number of rotatable bonds is 4.